The van der Waals surface area contributed by atoms with E-state index < -0.39 is 0 Å². The third-order valence-corrected chi connectivity index (χ3v) is 4.53. The molecule has 7 heteroatoms. The van der Waals surface area contributed by atoms with Crippen molar-refractivity contribution in [3.05, 3.63) is 72.0 Å². The average molecular weight is 407 g/mol. The summed E-state index contributed by atoms with van der Waals surface area (Å²) in [6, 6.07) is 19.0. The van der Waals surface area contributed by atoms with Crippen LogP contribution >= 0.6 is 0 Å². The molecule has 30 heavy (non-hydrogen) atoms. The molecule has 0 aliphatic carbocycles. The minimum atomic E-state index is -0.338. The summed E-state index contributed by atoms with van der Waals surface area (Å²) in [5.74, 6) is 0.373. The quantitative estimate of drug-likeness (QED) is 0.546. The molecule has 0 aliphatic heterocycles. The number of benzene rings is 2. The van der Waals surface area contributed by atoms with Crippen LogP contribution in [0.25, 0.3) is 11.1 Å². The molecule has 0 aliphatic rings. The van der Waals surface area contributed by atoms with Crippen LogP contribution in [0.5, 0.6) is 0 Å². The molecule has 7 nitrogen and oxygen atoms in total. The van der Waals surface area contributed by atoms with E-state index in [0.717, 1.165) is 11.1 Å². The lowest BCUT2D eigenvalue weighted by Crippen LogP contribution is -2.39. The highest BCUT2D eigenvalue weighted by Gasteiger charge is 2.19. The summed E-state index contributed by atoms with van der Waals surface area (Å²) >= 11 is 0. The zero-order chi connectivity index (χ0) is 21.3. The van der Waals surface area contributed by atoms with Gasteiger partial charge in [-0.3, -0.25) is 9.59 Å². The normalized spacial score (nSPS) is 10.6. The van der Waals surface area contributed by atoms with Crippen molar-refractivity contribution in [1.82, 2.24) is 10.1 Å². The highest BCUT2D eigenvalue weighted by molar-refractivity contribution is 5.99. The Bertz CT molecular complexity index is 968. The second kappa shape index (κ2) is 10.4. The van der Waals surface area contributed by atoms with Crippen LogP contribution in [0.1, 0.15) is 22.5 Å². The maximum atomic E-state index is 13.0. The Morgan fingerprint density at radius 3 is 2.40 bits per heavy atom. The lowest BCUT2D eigenvalue weighted by atomic mass is 10.0. The van der Waals surface area contributed by atoms with Gasteiger partial charge in [-0.25, -0.2) is 0 Å². The number of rotatable bonds is 9. The number of anilines is 1. The molecule has 0 saturated heterocycles. The van der Waals surface area contributed by atoms with Crippen LogP contribution < -0.4 is 5.32 Å². The van der Waals surface area contributed by atoms with E-state index in [2.05, 4.69) is 10.5 Å². The second-order valence-electron chi connectivity index (χ2n) is 6.89. The van der Waals surface area contributed by atoms with Gasteiger partial charge in [0.1, 0.15) is 12.3 Å². The SMILES string of the molecule is COCCCN(CC(=O)Nc1cc(C)on1)C(=O)c1ccc(-c2ccccc2)cc1. The Morgan fingerprint density at radius 1 is 1.07 bits per heavy atom. The third-order valence-electron chi connectivity index (χ3n) is 4.53. The van der Waals surface area contributed by atoms with Gasteiger partial charge in [-0.15, -0.1) is 0 Å². The summed E-state index contributed by atoms with van der Waals surface area (Å²) in [6.07, 6.45) is 0.626. The van der Waals surface area contributed by atoms with Crippen LogP contribution in [0.15, 0.2) is 65.2 Å². The van der Waals surface area contributed by atoms with E-state index in [9.17, 15) is 9.59 Å². The highest BCUT2D eigenvalue weighted by atomic mass is 16.5. The van der Waals surface area contributed by atoms with Gasteiger partial charge in [-0.1, -0.05) is 47.6 Å². The van der Waals surface area contributed by atoms with Crippen LogP contribution in [-0.4, -0.2) is 48.7 Å². The fourth-order valence-electron chi connectivity index (χ4n) is 3.05. The lowest BCUT2D eigenvalue weighted by molar-refractivity contribution is -0.117. The van der Waals surface area contributed by atoms with Crippen molar-refractivity contribution in [3.8, 4) is 11.1 Å². The van der Waals surface area contributed by atoms with E-state index in [0.29, 0.717) is 36.7 Å². The van der Waals surface area contributed by atoms with E-state index in [1.807, 2.05) is 42.5 Å². The summed E-state index contributed by atoms with van der Waals surface area (Å²) in [5.41, 5.74) is 2.63. The lowest BCUT2D eigenvalue weighted by Gasteiger charge is -2.22. The smallest absolute Gasteiger partial charge is 0.254 e. The predicted octanol–water partition coefficient (Wildman–Crippen LogP) is 3.77. The first-order chi connectivity index (χ1) is 14.6. The molecular formula is C23H25N3O4. The maximum Gasteiger partial charge on any atom is 0.254 e. The highest BCUT2D eigenvalue weighted by Crippen LogP contribution is 2.20. The van der Waals surface area contributed by atoms with Crippen LogP contribution in [0.2, 0.25) is 0 Å². The standard InChI is InChI=1S/C23H25N3O4/c1-17-15-21(25-30-17)24-22(27)16-26(13-6-14-29-2)23(28)20-11-9-19(10-12-20)18-7-4-3-5-8-18/h3-5,7-12,15H,6,13-14,16H2,1-2H3,(H,24,25,27). The van der Waals surface area contributed by atoms with Gasteiger partial charge in [0, 0.05) is 31.9 Å². The number of methoxy groups -OCH3 is 1. The van der Waals surface area contributed by atoms with Crippen molar-refractivity contribution in [2.45, 2.75) is 13.3 Å². The molecule has 0 saturated carbocycles. The molecule has 2 amide bonds. The molecule has 3 rings (SSSR count). The maximum absolute atomic E-state index is 13.0. The summed E-state index contributed by atoms with van der Waals surface area (Å²) in [6.45, 7) is 2.55. The molecule has 1 N–H and O–H groups in total. The Morgan fingerprint density at radius 2 is 1.77 bits per heavy atom. The molecule has 156 valence electrons. The Kier molecular flexibility index (Phi) is 7.34. The van der Waals surface area contributed by atoms with Crippen molar-refractivity contribution in [1.29, 1.82) is 0 Å². The Labute approximate surface area is 175 Å². The van der Waals surface area contributed by atoms with Gasteiger partial charge < -0.3 is 19.5 Å². The first-order valence-corrected chi connectivity index (χ1v) is 9.73. The Balaban J connectivity index is 1.70. The predicted molar refractivity (Wildman–Crippen MR) is 114 cm³/mol. The number of carbonyl (C=O) groups excluding carboxylic acids is 2. The molecule has 1 aromatic heterocycles. The van der Waals surface area contributed by atoms with Gasteiger partial charge >= 0.3 is 0 Å². The fraction of sp³-hybridized carbons (Fsp3) is 0.261. The fourth-order valence-corrected chi connectivity index (χ4v) is 3.05. The zero-order valence-corrected chi connectivity index (χ0v) is 17.1. The van der Waals surface area contributed by atoms with E-state index in [4.69, 9.17) is 9.26 Å². The molecule has 0 bridgehead atoms. The number of carbonyl (C=O) groups is 2. The van der Waals surface area contributed by atoms with Gasteiger partial charge in [0.2, 0.25) is 5.91 Å². The number of nitrogens with one attached hydrogen (secondary N) is 1. The van der Waals surface area contributed by atoms with E-state index in [1.54, 1.807) is 32.2 Å². The number of hydrogen-bond donors (Lipinski definition) is 1. The molecule has 3 aromatic rings. The van der Waals surface area contributed by atoms with Crippen molar-refractivity contribution in [2.75, 3.05) is 32.1 Å². The summed E-state index contributed by atoms with van der Waals surface area (Å²) in [4.78, 5) is 27.0. The third kappa shape index (κ3) is 5.78. The van der Waals surface area contributed by atoms with E-state index in [-0.39, 0.29) is 18.4 Å². The van der Waals surface area contributed by atoms with Crippen molar-refractivity contribution in [2.24, 2.45) is 0 Å². The number of hydrogen-bond acceptors (Lipinski definition) is 5. The van der Waals surface area contributed by atoms with E-state index >= 15 is 0 Å². The average Bonchev–Trinajstić information content (AvgIpc) is 3.17. The number of ether oxygens (including phenoxy) is 1. The van der Waals surface area contributed by atoms with E-state index in [1.165, 1.54) is 4.90 Å². The van der Waals surface area contributed by atoms with Gasteiger partial charge in [0.25, 0.3) is 5.91 Å². The molecule has 0 radical (unpaired) electrons. The summed E-state index contributed by atoms with van der Waals surface area (Å²) < 4.78 is 10.0. The van der Waals surface area contributed by atoms with Gasteiger partial charge in [-0.2, -0.15) is 0 Å². The number of aryl methyl sites for hydroxylation is 1. The summed E-state index contributed by atoms with van der Waals surface area (Å²) in [7, 11) is 1.61. The largest absolute Gasteiger partial charge is 0.385 e. The number of nitrogens with zero attached hydrogens (tertiary/aromatic N) is 2. The molecule has 1 heterocycles. The minimum Gasteiger partial charge on any atom is -0.385 e. The molecule has 2 aromatic carbocycles. The van der Waals surface area contributed by atoms with Gasteiger partial charge in [0.05, 0.1) is 0 Å². The topological polar surface area (TPSA) is 84.7 Å². The molecule has 0 fully saturated rings. The number of amides is 2. The van der Waals surface area contributed by atoms with Gasteiger partial charge in [0.15, 0.2) is 5.82 Å². The van der Waals surface area contributed by atoms with Crippen molar-refractivity contribution < 1.29 is 18.8 Å². The number of aromatic nitrogens is 1. The molecule has 0 atom stereocenters. The Hall–Kier alpha value is -3.45. The molecule has 0 unspecified atom stereocenters. The first kappa shape index (κ1) is 21.3. The minimum absolute atomic E-state index is 0.0884. The van der Waals surface area contributed by atoms with Crippen LogP contribution in [0.3, 0.4) is 0 Å². The van der Waals surface area contributed by atoms with Gasteiger partial charge in [-0.05, 0) is 36.6 Å². The van der Waals surface area contributed by atoms with Crippen molar-refractivity contribution in [3.63, 3.8) is 0 Å². The summed E-state index contributed by atoms with van der Waals surface area (Å²) in [5, 5.41) is 6.40. The van der Waals surface area contributed by atoms with Crippen LogP contribution in [0, 0.1) is 6.92 Å². The van der Waals surface area contributed by atoms with Crippen molar-refractivity contribution >= 4 is 17.6 Å². The molecule has 0 spiro atoms. The van der Waals surface area contributed by atoms with Crippen LogP contribution in [-0.2, 0) is 9.53 Å². The van der Waals surface area contributed by atoms with Crippen LogP contribution in [0.4, 0.5) is 5.82 Å². The second-order valence-corrected chi connectivity index (χ2v) is 6.89. The first-order valence-electron chi connectivity index (χ1n) is 9.73. The zero-order valence-electron chi connectivity index (χ0n) is 17.1. The monoisotopic (exact) mass is 407 g/mol. The molecular weight excluding hydrogens is 382 g/mol.